The van der Waals surface area contributed by atoms with E-state index in [2.05, 4.69) is 24.2 Å². The van der Waals surface area contributed by atoms with Crippen molar-refractivity contribution in [3.63, 3.8) is 0 Å². The van der Waals surface area contributed by atoms with Gasteiger partial charge < -0.3 is 4.74 Å². The zero-order valence-electron chi connectivity index (χ0n) is 11.9. The summed E-state index contributed by atoms with van der Waals surface area (Å²) in [4.78, 5) is 16.6. The Bertz CT molecular complexity index is 501. The van der Waals surface area contributed by atoms with Gasteiger partial charge in [0, 0.05) is 5.56 Å². The molecule has 4 nitrogen and oxygen atoms in total. The lowest BCUT2D eigenvalue weighted by atomic mass is 10.0. The zero-order chi connectivity index (χ0) is 14.0. The first-order chi connectivity index (χ1) is 8.99. The lowest BCUT2D eigenvalue weighted by molar-refractivity contribution is 0.0967. The second kappa shape index (κ2) is 5.43. The van der Waals surface area contributed by atoms with Crippen molar-refractivity contribution in [3.8, 4) is 0 Å². The molecule has 102 valence electrons. The fourth-order valence-corrected chi connectivity index (χ4v) is 2.13. The number of carbonyl (C=O) groups excluding carboxylic acids is 1. The predicted molar refractivity (Wildman–Crippen MR) is 75.4 cm³/mol. The van der Waals surface area contributed by atoms with Gasteiger partial charge in [-0.05, 0) is 30.9 Å². The molecule has 1 amide bonds. The van der Waals surface area contributed by atoms with E-state index in [0.717, 1.165) is 11.1 Å². The average Bonchev–Trinajstić information content (AvgIpc) is 2.77. The molecular weight excluding hydrogens is 240 g/mol. The van der Waals surface area contributed by atoms with Gasteiger partial charge in [-0.2, -0.15) is 0 Å². The molecule has 1 N–H and O–H groups in total. The summed E-state index contributed by atoms with van der Waals surface area (Å²) in [6.45, 7) is 8.58. The van der Waals surface area contributed by atoms with E-state index in [9.17, 15) is 4.79 Å². The van der Waals surface area contributed by atoms with Gasteiger partial charge >= 0.3 is 0 Å². The second-order valence-electron chi connectivity index (χ2n) is 5.28. The molecule has 2 rings (SSSR count). The van der Waals surface area contributed by atoms with Crippen LogP contribution < -0.4 is 5.32 Å². The summed E-state index contributed by atoms with van der Waals surface area (Å²) >= 11 is 0. The van der Waals surface area contributed by atoms with E-state index in [-0.39, 0.29) is 11.9 Å². The maximum Gasteiger partial charge on any atom is 0.292 e. The van der Waals surface area contributed by atoms with Crippen molar-refractivity contribution in [3.05, 3.63) is 34.9 Å². The highest BCUT2D eigenvalue weighted by atomic mass is 16.5. The highest BCUT2D eigenvalue weighted by Gasteiger charge is 2.24. The molecule has 19 heavy (non-hydrogen) atoms. The van der Waals surface area contributed by atoms with Gasteiger partial charge in [-0.1, -0.05) is 32.0 Å². The molecule has 4 heteroatoms. The van der Waals surface area contributed by atoms with Gasteiger partial charge in [-0.25, -0.2) is 4.99 Å². The van der Waals surface area contributed by atoms with Gasteiger partial charge in [-0.15, -0.1) is 0 Å². The minimum atomic E-state index is -0.154. The Kier molecular flexibility index (Phi) is 3.88. The molecule has 1 aromatic rings. The van der Waals surface area contributed by atoms with Crippen LogP contribution in [0.2, 0.25) is 0 Å². The molecule has 0 saturated heterocycles. The minimum absolute atomic E-state index is 0.133. The van der Waals surface area contributed by atoms with Gasteiger partial charge in [0.05, 0.1) is 6.04 Å². The maximum atomic E-state index is 12.2. The summed E-state index contributed by atoms with van der Waals surface area (Å²) in [5.41, 5.74) is 2.61. The summed E-state index contributed by atoms with van der Waals surface area (Å²) in [5, 5.41) is 2.75. The molecule has 1 aromatic carbocycles. The minimum Gasteiger partial charge on any atom is -0.463 e. The number of amides is 1. The van der Waals surface area contributed by atoms with Crippen LogP contribution in [-0.4, -0.2) is 24.6 Å². The molecule has 0 saturated carbocycles. The number of amidine groups is 1. The van der Waals surface area contributed by atoms with Crippen molar-refractivity contribution < 1.29 is 9.53 Å². The Labute approximate surface area is 113 Å². The molecule has 1 heterocycles. The summed E-state index contributed by atoms with van der Waals surface area (Å²) in [6, 6.07) is 6.27. The number of rotatable bonds is 2. The number of benzene rings is 1. The van der Waals surface area contributed by atoms with Crippen LogP contribution >= 0.6 is 0 Å². The average molecular weight is 260 g/mol. The second-order valence-corrected chi connectivity index (χ2v) is 5.28. The molecule has 0 fully saturated rings. The number of nitrogens with zero attached hydrogens (tertiary/aromatic N) is 1. The summed E-state index contributed by atoms with van der Waals surface area (Å²) in [6.07, 6.45) is 0. The van der Waals surface area contributed by atoms with Crippen LogP contribution in [0.5, 0.6) is 0 Å². The molecule has 1 aliphatic heterocycles. The van der Waals surface area contributed by atoms with Gasteiger partial charge in [0.2, 0.25) is 0 Å². The lowest BCUT2D eigenvalue weighted by Gasteiger charge is -2.09. The fourth-order valence-electron chi connectivity index (χ4n) is 2.13. The Morgan fingerprint density at radius 3 is 2.53 bits per heavy atom. The highest BCUT2D eigenvalue weighted by molar-refractivity contribution is 6.06. The largest absolute Gasteiger partial charge is 0.463 e. The Hall–Kier alpha value is -1.84. The first-order valence-corrected chi connectivity index (χ1v) is 6.57. The molecule has 1 aliphatic rings. The number of nitrogens with one attached hydrogen (secondary N) is 1. The number of ether oxygens (including phenoxy) is 1. The number of carbonyl (C=O) groups is 1. The Morgan fingerprint density at radius 1 is 1.37 bits per heavy atom. The van der Waals surface area contributed by atoms with Crippen LogP contribution in [0.4, 0.5) is 0 Å². The number of hydrogen-bond acceptors (Lipinski definition) is 3. The lowest BCUT2D eigenvalue weighted by Crippen LogP contribution is -2.31. The SMILES string of the molecule is Cc1cccc(C)c1C(=O)NC1=NC(C(C)C)CO1. The third kappa shape index (κ3) is 2.95. The van der Waals surface area contributed by atoms with Crippen molar-refractivity contribution >= 4 is 11.9 Å². The van der Waals surface area contributed by atoms with Crippen LogP contribution in [0, 0.1) is 19.8 Å². The smallest absolute Gasteiger partial charge is 0.292 e. The first-order valence-electron chi connectivity index (χ1n) is 6.57. The number of aliphatic imine (C=N–C) groups is 1. The monoisotopic (exact) mass is 260 g/mol. The van der Waals surface area contributed by atoms with Crippen LogP contribution in [0.15, 0.2) is 23.2 Å². The maximum absolute atomic E-state index is 12.2. The van der Waals surface area contributed by atoms with Crippen molar-refractivity contribution in [1.82, 2.24) is 5.32 Å². The molecule has 1 atom stereocenters. The van der Waals surface area contributed by atoms with Gasteiger partial charge in [-0.3, -0.25) is 10.1 Å². The van der Waals surface area contributed by atoms with Crippen molar-refractivity contribution in [2.45, 2.75) is 33.7 Å². The molecule has 0 bridgehead atoms. The van der Waals surface area contributed by atoms with Crippen LogP contribution in [0.25, 0.3) is 0 Å². The topological polar surface area (TPSA) is 50.7 Å². The Morgan fingerprint density at radius 2 is 2.00 bits per heavy atom. The van der Waals surface area contributed by atoms with Crippen LogP contribution in [-0.2, 0) is 4.74 Å². The molecule has 1 unspecified atom stereocenters. The van der Waals surface area contributed by atoms with E-state index in [1.54, 1.807) is 0 Å². The quantitative estimate of drug-likeness (QED) is 0.888. The summed E-state index contributed by atoms with van der Waals surface area (Å²) in [5.74, 6) is 0.258. The third-order valence-corrected chi connectivity index (χ3v) is 3.37. The molecule has 0 aliphatic carbocycles. The van der Waals surface area contributed by atoms with E-state index in [1.807, 2.05) is 32.0 Å². The molecule has 0 aromatic heterocycles. The van der Waals surface area contributed by atoms with E-state index in [1.165, 1.54) is 0 Å². The van der Waals surface area contributed by atoms with E-state index < -0.39 is 0 Å². The highest BCUT2D eigenvalue weighted by Crippen LogP contribution is 2.15. The predicted octanol–water partition coefficient (Wildman–Crippen LogP) is 2.44. The van der Waals surface area contributed by atoms with Crippen molar-refractivity contribution in [2.75, 3.05) is 6.61 Å². The normalized spacial score (nSPS) is 18.2. The molecular formula is C15H20N2O2. The first kappa shape index (κ1) is 13.6. The molecule has 0 spiro atoms. The number of aryl methyl sites for hydroxylation is 2. The Balaban J connectivity index is 2.13. The van der Waals surface area contributed by atoms with Crippen molar-refractivity contribution in [2.24, 2.45) is 10.9 Å². The van der Waals surface area contributed by atoms with Crippen LogP contribution in [0.3, 0.4) is 0 Å². The van der Waals surface area contributed by atoms with E-state index >= 15 is 0 Å². The number of hydrogen-bond donors (Lipinski definition) is 1. The van der Waals surface area contributed by atoms with Gasteiger partial charge in [0.15, 0.2) is 0 Å². The third-order valence-electron chi connectivity index (χ3n) is 3.37. The van der Waals surface area contributed by atoms with Crippen molar-refractivity contribution in [1.29, 1.82) is 0 Å². The summed E-state index contributed by atoms with van der Waals surface area (Å²) in [7, 11) is 0. The fraction of sp³-hybridized carbons (Fsp3) is 0.467. The molecule has 0 radical (unpaired) electrons. The van der Waals surface area contributed by atoms with Crippen LogP contribution in [0.1, 0.15) is 35.3 Å². The van der Waals surface area contributed by atoms with E-state index in [4.69, 9.17) is 4.74 Å². The zero-order valence-corrected chi connectivity index (χ0v) is 11.9. The summed E-state index contributed by atoms with van der Waals surface area (Å²) < 4.78 is 5.42. The standard InChI is InChI=1S/C15H20N2O2/c1-9(2)12-8-19-15(16-12)17-14(18)13-10(3)6-5-7-11(13)4/h5-7,9,12H,8H2,1-4H3,(H,16,17,18). The van der Waals surface area contributed by atoms with Gasteiger partial charge in [0.1, 0.15) is 6.61 Å². The van der Waals surface area contributed by atoms with E-state index in [0.29, 0.717) is 24.1 Å². The van der Waals surface area contributed by atoms with Gasteiger partial charge in [0.25, 0.3) is 11.9 Å².